The Morgan fingerprint density at radius 2 is 2.00 bits per heavy atom. The molecule has 0 aliphatic carbocycles. The summed E-state index contributed by atoms with van der Waals surface area (Å²) < 4.78 is 15.0. The third-order valence-corrected chi connectivity index (χ3v) is 4.79. The molecule has 1 heterocycles. The fraction of sp³-hybridized carbons (Fsp3) is 0.238. The zero-order chi connectivity index (χ0) is 20.4. The molecule has 146 valence electrons. The Kier molecular flexibility index (Phi) is 5.46. The minimum absolute atomic E-state index is 0.198. The number of pyridine rings is 1. The number of amides is 1. The highest BCUT2D eigenvalue weighted by molar-refractivity contribution is 5.93. The van der Waals surface area contributed by atoms with Gasteiger partial charge in [0.2, 0.25) is 5.91 Å². The van der Waals surface area contributed by atoms with Crippen molar-refractivity contribution in [2.24, 2.45) is 5.73 Å². The van der Waals surface area contributed by atoms with Crippen LogP contribution in [0.5, 0.6) is 0 Å². The lowest BCUT2D eigenvalue weighted by molar-refractivity contribution is -0.120. The number of benzene rings is 2. The monoisotopic (exact) mass is 383 g/mol. The summed E-state index contributed by atoms with van der Waals surface area (Å²) in [6.45, 7) is 3.23. The summed E-state index contributed by atoms with van der Waals surface area (Å²) in [5, 5.41) is 14.3. The number of nitrogens with one attached hydrogen (secondary N) is 1. The van der Waals surface area contributed by atoms with Gasteiger partial charge in [0.25, 0.3) is 5.56 Å². The van der Waals surface area contributed by atoms with Gasteiger partial charge in [-0.3, -0.25) is 9.59 Å². The number of aromatic nitrogens is 1. The summed E-state index contributed by atoms with van der Waals surface area (Å²) in [4.78, 5) is 24.1. The van der Waals surface area contributed by atoms with E-state index in [-0.39, 0.29) is 17.8 Å². The predicted octanol–water partition coefficient (Wildman–Crippen LogP) is 2.47. The molecular formula is C21H22FN3O3. The fourth-order valence-corrected chi connectivity index (χ4v) is 3.08. The van der Waals surface area contributed by atoms with E-state index in [1.165, 1.54) is 16.8 Å². The first-order valence-electron chi connectivity index (χ1n) is 8.90. The largest absolute Gasteiger partial charge is 0.373 e. The Bertz CT molecular complexity index is 1090. The SMILES string of the molecule is Cc1ccc(CC(O)Nc2cccc3c(=O)n([C@H](C)C(N)=O)ccc23)cc1F. The quantitative estimate of drug-likeness (QED) is 0.570. The molecule has 28 heavy (non-hydrogen) atoms. The van der Waals surface area contributed by atoms with Crippen molar-refractivity contribution >= 4 is 22.4 Å². The molecular weight excluding hydrogens is 361 g/mol. The van der Waals surface area contributed by atoms with Gasteiger partial charge in [0.1, 0.15) is 18.1 Å². The van der Waals surface area contributed by atoms with Gasteiger partial charge in [0, 0.05) is 29.1 Å². The molecule has 0 aliphatic rings. The molecule has 0 spiro atoms. The molecule has 0 aliphatic heterocycles. The van der Waals surface area contributed by atoms with Gasteiger partial charge in [-0.15, -0.1) is 0 Å². The Hall–Kier alpha value is -3.19. The van der Waals surface area contributed by atoms with E-state index in [1.807, 2.05) is 0 Å². The van der Waals surface area contributed by atoms with Gasteiger partial charge in [-0.25, -0.2) is 4.39 Å². The zero-order valence-corrected chi connectivity index (χ0v) is 15.6. The highest BCUT2D eigenvalue weighted by Crippen LogP contribution is 2.23. The van der Waals surface area contributed by atoms with Gasteiger partial charge >= 0.3 is 0 Å². The predicted molar refractivity (Wildman–Crippen MR) is 107 cm³/mol. The zero-order valence-electron chi connectivity index (χ0n) is 15.6. The van der Waals surface area contributed by atoms with Crippen LogP contribution in [-0.4, -0.2) is 21.8 Å². The van der Waals surface area contributed by atoms with Crippen LogP contribution >= 0.6 is 0 Å². The van der Waals surface area contributed by atoms with Crippen LogP contribution in [-0.2, 0) is 11.2 Å². The highest BCUT2D eigenvalue weighted by atomic mass is 19.1. The Labute approximate surface area is 161 Å². The van der Waals surface area contributed by atoms with E-state index in [4.69, 9.17) is 5.73 Å². The number of nitrogens with zero attached hydrogens (tertiary/aromatic N) is 1. The van der Waals surface area contributed by atoms with Crippen molar-refractivity contribution in [1.82, 2.24) is 4.57 Å². The first-order chi connectivity index (χ1) is 13.3. The van der Waals surface area contributed by atoms with Gasteiger partial charge in [0.05, 0.1) is 0 Å². The molecule has 0 fully saturated rings. The topological polar surface area (TPSA) is 97.3 Å². The highest BCUT2D eigenvalue weighted by Gasteiger charge is 2.16. The number of nitrogens with two attached hydrogens (primary N) is 1. The average molecular weight is 383 g/mol. The third kappa shape index (κ3) is 3.89. The van der Waals surface area contributed by atoms with Gasteiger partial charge in [-0.1, -0.05) is 18.2 Å². The van der Waals surface area contributed by atoms with Gasteiger partial charge < -0.3 is 20.7 Å². The van der Waals surface area contributed by atoms with Gasteiger partial charge in [-0.05, 0) is 49.2 Å². The van der Waals surface area contributed by atoms with Crippen molar-refractivity contribution in [3.8, 4) is 0 Å². The van der Waals surface area contributed by atoms with Gasteiger partial charge in [-0.2, -0.15) is 0 Å². The van der Waals surface area contributed by atoms with E-state index >= 15 is 0 Å². The molecule has 1 amide bonds. The molecule has 1 aromatic heterocycles. The second kappa shape index (κ2) is 7.82. The molecule has 4 N–H and O–H groups in total. The van der Waals surface area contributed by atoms with Crippen LogP contribution < -0.4 is 16.6 Å². The number of fused-ring (bicyclic) bond motifs is 1. The molecule has 3 rings (SSSR count). The summed E-state index contributed by atoms with van der Waals surface area (Å²) in [7, 11) is 0. The van der Waals surface area contributed by atoms with E-state index < -0.39 is 18.2 Å². The third-order valence-electron chi connectivity index (χ3n) is 4.79. The number of primary amides is 1. The molecule has 7 heteroatoms. The average Bonchev–Trinajstić information content (AvgIpc) is 2.65. The van der Waals surface area contributed by atoms with Crippen LogP contribution in [0.25, 0.3) is 10.8 Å². The van der Waals surface area contributed by atoms with Crippen LogP contribution in [0.3, 0.4) is 0 Å². The smallest absolute Gasteiger partial charge is 0.259 e. The molecule has 0 bridgehead atoms. The summed E-state index contributed by atoms with van der Waals surface area (Å²) in [6, 6.07) is 10.8. The number of aliphatic hydroxyl groups is 1. The van der Waals surface area contributed by atoms with E-state index in [0.29, 0.717) is 27.6 Å². The molecule has 3 aromatic rings. The van der Waals surface area contributed by atoms with E-state index in [0.717, 1.165) is 0 Å². The lowest BCUT2D eigenvalue weighted by atomic mass is 10.1. The number of hydrogen-bond acceptors (Lipinski definition) is 4. The van der Waals surface area contributed by atoms with Crippen LogP contribution in [0.15, 0.2) is 53.5 Å². The van der Waals surface area contributed by atoms with Crippen molar-refractivity contribution in [3.63, 3.8) is 0 Å². The summed E-state index contributed by atoms with van der Waals surface area (Å²) in [6.07, 6.45) is 0.732. The summed E-state index contributed by atoms with van der Waals surface area (Å²) in [5.41, 5.74) is 6.71. The maximum absolute atomic E-state index is 13.7. The van der Waals surface area contributed by atoms with Crippen LogP contribution in [0.2, 0.25) is 0 Å². The van der Waals surface area contributed by atoms with Crippen LogP contribution in [0, 0.1) is 12.7 Å². The number of aryl methyl sites for hydroxylation is 1. The number of carbonyl (C=O) groups is 1. The lowest BCUT2D eigenvalue weighted by Gasteiger charge is -2.17. The van der Waals surface area contributed by atoms with Crippen LogP contribution in [0.1, 0.15) is 24.1 Å². The standard InChI is InChI=1S/C21H22FN3O3/c1-12-6-7-14(10-17(12)22)11-19(26)24-18-5-3-4-16-15(18)8-9-25(21(16)28)13(2)20(23)27/h3-10,13,19,24,26H,11H2,1-2H3,(H2,23,27)/t13-,19?/m1/s1. The molecule has 6 nitrogen and oxygen atoms in total. The minimum atomic E-state index is -0.973. The number of aliphatic hydroxyl groups excluding tert-OH is 1. The lowest BCUT2D eigenvalue weighted by Crippen LogP contribution is -2.31. The maximum atomic E-state index is 13.7. The van der Waals surface area contributed by atoms with Gasteiger partial charge in [0.15, 0.2) is 0 Å². The molecule has 1 unspecified atom stereocenters. The van der Waals surface area contributed by atoms with Crippen molar-refractivity contribution in [2.75, 3.05) is 5.32 Å². The number of rotatable bonds is 6. The maximum Gasteiger partial charge on any atom is 0.259 e. The Balaban J connectivity index is 1.89. The second-order valence-corrected chi connectivity index (χ2v) is 6.82. The second-order valence-electron chi connectivity index (χ2n) is 6.82. The van der Waals surface area contributed by atoms with E-state index in [9.17, 15) is 19.1 Å². The van der Waals surface area contributed by atoms with Crippen molar-refractivity contribution in [3.05, 3.63) is 76.0 Å². The van der Waals surface area contributed by atoms with Crippen molar-refractivity contribution in [2.45, 2.75) is 32.5 Å². The fourth-order valence-electron chi connectivity index (χ4n) is 3.08. The van der Waals surface area contributed by atoms with Crippen molar-refractivity contribution < 1.29 is 14.3 Å². The molecule has 2 aromatic carbocycles. The Morgan fingerprint density at radius 3 is 2.68 bits per heavy atom. The molecule has 0 radical (unpaired) electrons. The molecule has 0 saturated carbocycles. The minimum Gasteiger partial charge on any atom is -0.373 e. The molecule has 0 saturated heterocycles. The van der Waals surface area contributed by atoms with E-state index in [1.54, 1.807) is 50.2 Å². The summed E-state index contributed by atoms with van der Waals surface area (Å²) in [5.74, 6) is -0.921. The van der Waals surface area contributed by atoms with Crippen LogP contribution in [0.4, 0.5) is 10.1 Å². The number of halogens is 1. The van der Waals surface area contributed by atoms with E-state index in [2.05, 4.69) is 5.32 Å². The first-order valence-corrected chi connectivity index (χ1v) is 8.90. The number of anilines is 1. The Morgan fingerprint density at radius 1 is 1.25 bits per heavy atom. The first kappa shape index (κ1) is 19.6. The van der Waals surface area contributed by atoms with Crippen molar-refractivity contribution in [1.29, 1.82) is 0 Å². The number of hydrogen-bond donors (Lipinski definition) is 3. The normalized spacial score (nSPS) is 13.3. The summed E-state index contributed by atoms with van der Waals surface area (Å²) >= 11 is 0. The number of carbonyl (C=O) groups excluding carboxylic acids is 1. The molecule has 2 atom stereocenters.